The van der Waals surface area contributed by atoms with Gasteiger partial charge in [0.25, 0.3) is 0 Å². The summed E-state index contributed by atoms with van der Waals surface area (Å²) in [4.78, 5) is 7.92. The predicted molar refractivity (Wildman–Crippen MR) is 89.5 cm³/mol. The third kappa shape index (κ3) is 2.68. The number of ether oxygens (including phenoxy) is 1. The average molecular weight is 304 g/mol. The Bertz CT molecular complexity index is 940. The molecule has 0 aliphatic rings. The minimum Gasteiger partial charge on any atom is -0.497 e. The highest BCUT2D eigenvalue weighted by Crippen LogP contribution is 2.25. The second-order valence-corrected chi connectivity index (χ2v) is 5.40. The normalized spacial score (nSPS) is 11.0. The van der Waals surface area contributed by atoms with Crippen molar-refractivity contribution in [3.8, 4) is 17.3 Å². The molecule has 2 N–H and O–H groups in total. The molecule has 0 saturated carbocycles. The molecule has 0 atom stereocenters. The molecule has 0 bridgehead atoms. The van der Waals surface area contributed by atoms with Crippen molar-refractivity contribution in [2.45, 2.75) is 6.42 Å². The Labute approximate surface area is 133 Å². The number of rotatable bonds is 4. The summed E-state index contributed by atoms with van der Waals surface area (Å²) in [5.74, 6) is 2.36. The lowest BCUT2D eigenvalue weighted by Gasteiger charge is -1.97. The summed E-state index contributed by atoms with van der Waals surface area (Å²) in [7, 11) is 1.67. The first-order valence-corrected chi connectivity index (χ1v) is 7.44. The average Bonchev–Trinajstić information content (AvgIpc) is 3.21. The zero-order valence-corrected chi connectivity index (χ0v) is 12.7. The summed E-state index contributed by atoms with van der Waals surface area (Å²) in [6.07, 6.45) is 0.738. The summed E-state index contributed by atoms with van der Waals surface area (Å²) in [6.45, 7) is 0. The number of fused-ring (bicyclic) bond motifs is 1. The Hall–Kier alpha value is -3.08. The fraction of sp³-hybridized carbons (Fsp3) is 0.111. The summed E-state index contributed by atoms with van der Waals surface area (Å²) in [6, 6.07) is 18.2. The van der Waals surface area contributed by atoms with E-state index in [9.17, 15) is 0 Å². The minimum atomic E-state index is 0.672. The molecule has 5 nitrogen and oxygen atoms in total. The smallest absolute Gasteiger partial charge is 0.197 e. The van der Waals surface area contributed by atoms with E-state index in [-0.39, 0.29) is 0 Å². The van der Waals surface area contributed by atoms with E-state index in [1.807, 2.05) is 42.5 Å². The second-order valence-electron chi connectivity index (χ2n) is 5.40. The first-order valence-electron chi connectivity index (χ1n) is 7.44. The van der Waals surface area contributed by atoms with E-state index in [0.717, 1.165) is 34.6 Å². The molecule has 23 heavy (non-hydrogen) atoms. The minimum absolute atomic E-state index is 0.672. The van der Waals surface area contributed by atoms with Gasteiger partial charge in [-0.3, -0.25) is 5.10 Å². The van der Waals surface area contributed by atoms with Crippen molar-refractivity contribution in [2.24, 2.45) is 0 Å². The van der Waals surface area contributed by atoms with Crippen LogP contribution in [0.25, 0.3) is 22.4 Å². The van der Waals surface area contributed by atoms with E-state index in [1.54, 1.807) is 7.11 Å². The van der Waals surface area contributed by atoms with Crippen LogP contribution in [0.2, 0.25) is 0 Å². The van der Waals surface area contributed by atoms with Crippen LogP contribution in [0.15, 0.2) is 54.6 Å². The van der Waals surface area contributed by atoms with Crippen LogP contribution in [0.1, 0.15) is 11.4 Å². The Morgan fingerprint density at radius 1 is 1.04 bits per heavy atom. The monoisotopic (exact) mass is 304 g/mol. The first kappa shape index (κ1) is 13.6. The first-order chi connectivity index (χ1) is 11.3. The largest absolute Gasteiger partial charge is 0.497 e. The molecule has 2 aromatic carbocycles. The highest BCUT2D eigenvalue weighted by Gasteiger charge is 2.10. The molecular formula is C18H16N4O. The second kappa shape index (κ2) is 5.61. The number of nitrogens with zero attached hydrogens (tertiary/aromatic N) is 2. The van der Waals surface area contributed by atoms with E-state index in [0.29, 0.717) is 5.82 Å². The maximum Gasteiger partial charge on any atom is 0.197 e. The molecule has 0 spiro atoms. The van der Waals surface area contributed by atoms with Crippen LogP contribution in [0.4, 0.5) is 0 Å². The lowest BCUT2D eigenvalue weighted by molar-refractivity contribution is 0.415. The number of hydrogen-bond acceptors (Lipinski definition) is 3. The van der Waals surface area contributed by atoms with E-state index in [2.05, 4.69) is 32.3 Å². The molecule has 0 aliphatic heterocycles. The quantitative estimate of drug-likeness (QED) is 0.606. The van der Waals surface area contributed by atoms with Gasteiger partial charge in [0.2, 0.25) is 0 Å². The molecule has 114 valence electrons. The number of nitrogens with one attached hydrogen (secondary N) is 2. The molecule has 0 saturated heterocycles. The molecule has 0 radical (unpaired) electrons. The van der Waals surface area contributed by atoms with Gasteiger partial charge in [-0.1, -0.05) is 30.3 Å². The molecule has 5 heteroatoms. The Balaban J connectivity index is 1.63. The van der Waals surface area contributed by atoms with Crippen molar-refractivity contribution >= 4 is 10.9 Å². The van der Waals surface area contributed by atoms with Gasteiger partial charge >= 0.3 is 0 Å². The van der Waals surface area contributed by atoms with Gasteiger partial charge in [-0.15, -0.1) is 0 Å². The lowest BCUT2D eigenvalue weighted by atomic mass is 10.1. The van der Waals surface area contributed by atoms with Gasteiger partial charge < -0.3 is 9.72 Å². The van der Waals surface area contributed by atoms with Crippen LogP contribution in [-0.2, 0) is 6.42 Å². The van der Waals surface area contributed by atoms with Crippen LogP contribution in [0.5, 0.6) is 5.75 Å². The topological polar surface area (TPSA) is 66.6 Å². The number of hydrogen-bond donors (Lipinski definition) is 2. The van der Waals surface area contributed by atoms with Crippen molar-refractivity contribution in [3.05, 3.63) is 66.0 Å². The third-order valence-corrected chi connectivity index (χ3v) is 3.81. The fourth-order valence-corrected chi connectivity index (χ4v) is 2.64. The molecule has 0 amide bonds. The molecule has 4 rings (SSSR count). The van der Waals surface area contributed by atoms with E-state index < -0.39 is 0 Å². The maximum absolute atomic E-state index is 5.26. The van der Waals surface area contributed by atoms with Crippen LogP contribution in [-0.4, -0.2) is 27.3 Å². The standard InChI is InChI=1S/C18H16N4O/c1-23-14-7-8-15-13(10-14)11-16(19-15)18-20-17(21-22-18)9-12-5-3-2-4-6-12/h2-8,10-11,19H,9H2,1H3,(H,20,21,22). The summed E-state index contributed by atoms with van der Waals surface area (Å²) < 4.78 is 5.26. The van der Waals surface area contributed by atoms with Gasteiger partial charge in [0.05, 0.1) is 12.8 Å². The summed E-state index contributed by atoms with van der Waals surface area (Å²) in [5, 5.41) is 8.41. The van der Waals surface area contributed by atoms with E-state index in [4.69, 9.17) is 4.74 Å². The zero-order valence-electron chi connectivity index (χ0n) is 12.7. The van der Waals surface area contributed by atoms with Crippen LogP contribution >= 0.6 is 0 Å². The molecule has 0 unspecified atom stereocenters. The van der Waals surface area contributed by atoms with Gasteiger partial charge in [-0.05, 0) is 29.8 Å². The van der Waals surface area contributed by atoms with Crippen molar-refractivity contribution in [2.75, 3.05) is 7.11 Å². The molecular weight excluding hydrogens is 288 g/mol. The highest BCUT2D eigenvalue weighted by atomic mass is 16.5. The van der Waals surface area contributed by atoms with Gasteiger partial charge in [0, 0.05) is 17.3 Å². The number of aromatic amines is 2. The van der Waals surface area contributed by atoms with Gasteiger partial charge in [0.1, 0.15) is 11.6 Å². The molecule has 4 aromatic rings. The number of methoxy groups -OCH3 is 1. The molecule has 0 aliphatic carbocycles. The van der Waals surface area contributed by atoms with Crippen molar-refractivity contribution in [3.63, 3.8) is 0 Å². The van der Waals surface area contributed by atoms with E-state index >= 15 is 0 Å². The van der Waals surface area contributed by atoms with Gasteiger partial charge in [-0.25, -0.2) is 4.98 Å². The highest BCUT2D eigenvalue weighted by molar-refractivity contribution is 5.85. The van der Waals surface area contributed by atoms with Crippen molar-refractivity contribution in [1.82, 2.24) is 20.2 Å². The zero-order chi connectivity index (χ0) is 15.6. The fourth-order valence-electron chi connectivity index (χ4n) is 2.64. The third-order valence-electron chi connectivity index (χ3n) is 3.81. The van der Waals surface area contributed by atoms with Crippen molar-refractivity contribution in [1.29, 1.82) is 0 Å². The summed E-state index contributed by atoms with van der Waals surface area (Å²) in [5.41, 5.74) is 3.13. The van der Waals surface area contributed by atoms with E-state index in [1.165, 1.54) is 5.56 Å². The molecule has 0 fully saturated rings. The van der Waals surface area contributed by atoms with Crippen LogP contribution < -0.4 is 4.74 Å². The SMILES string of the molecule is COc1ccc2[nH]c(-c3n[nH]c(Cc4ccccc4)n3)cc2c1. The Morgan fingerprint density at radius 3 is 2.74 bits per heavy atom. The Morgan fingerprint density at radius 2 is 1.91 bits per heavy atom. The summed E-state index contributed by atoms with van der Waals surface area (Å²) >= 11 is 0. The number of aromatic nitrogens is 4. The maximum atomic E-state index is 5.26. The molecule has 2 aromatic heterocycles. The lowest BCUT2D eigenvalue weighted by Crippen LogP contribution is -1.90. The van der Waals surface area contributed by atoms with Crippen LogP contribution in [0.3, 0.4) is 0 Å². The van der Waals surface area contributed by atoms with Gasteiger partial charge in [0.15, 0.2) is 5.82 Å². The van der Waals surface area contributed by atoms with Crippen LogP contribution in [0, 0.1) is 0 Å². The number of benzene rings is 2. The number of H-pyrrole nitrogens is 2. The van der Waals surface area contributed by atoms with Crippen molar-refractivity contribution < 1.29 is 4.74 Å². The Kier molecular flexibility index (Phi) is 3.31. The predicted octanol–water partition coefficient (Wildman–Crippen LogP) is 3.55. The molecule has 2 heterocycles. The van der Waals surface area contributed by atoms with Gasteiger partial charge in [-0.2, -0.15) is 5.10 Å².